The summed E-state index contributed by atoms with van der Waals surface area (Å²) in [5.41, 5.74) is 1.87. The second-order valence-electron chi connectivity index (χ2n) is 4.26. The van der Waals surface area contributed by atoms with Crippen LogP contribution in [0.15, 0.2) is 57.7 Å². The van der Waals surface area contributed by atoms with E-state index in [0.717, 1.165) is 25.6 Å². The van der Waals surface area contributed by atoms with Crippen molar-refractivity contribution in [2.24, 2.45) is 0 Å². The van der Waals surface area contributed by atoms with E-state index in [9.17, 15) is 4.79 Å². The summed E-state index contributed by atoms with van der Waals surface area (Å²) in [7, 11) is 0. The molecule has 0 radical (unpaired) electrons. The van der Waals surface area contributed by atoms with Gasteiger partial charge < -0.3 is 0 Å². The molecule has 0 aliphatic rings. The molecule has 0 unspecified atom stereocenters. The van der Waals surface area contributed by atoms with E-state index in [4.69, 9.17) is 0 Å². The Morgan fingerprint density at radius 1 is 1.19 bits per heavy atom. The molecule has 21 heavy (non-hydrogen) atoms. The van der Waals surface area contributed by atoms with Crippen molar-refractivity contribution in [2.45, 2.75) is 0 Å². The maximum Gasteiger partial charge on any atom is 0.195 e. The Balaban J connectivity index is 1.78. The lowest BCUT2D eigenvalue weighted by Crippen LogP contribution is -1.88. The molecule has 104 valence electrons. The fourth-order valence-corrected chi connectivity index (χ4v) is 3.61. The highest BCUT2D eigenvalue weighted by Crippen LogP contribution is 2.26. The third kappa shape index (κ3) is 3.56. The molecule has 2 aromatic heterocycles. The lowest BCUT2D eigenvalue weighted by Gasteiger charge is -1.95. The van der Waals surface area contributed by atoms with Gasteiger partial charge in [0.15, 0.2) is 5.78 Å². The van der Waals surface area contributed by atoms with E-state index in [1.165, 1.54) is 11.3 Å². The van der Waals surface area contributed by atoms with Crippen molar-refractivity contribution in [1.29, 1.82) is 0 Å². The van der Waals surface area contributed by atoms with E-state index >= 15 is 0 Å². The van der Waals surface area contributed by atoms with E-state index in [1.807, 2.05) is 47.2 Å². The first-order valence-corrected chi connectivity index (χ1v) is 8.75. The molecule has 0 aliphatic carbocycles. The van der Waals surface area contributed by atoms with Gasteiger partial charge in [0.05, 0.1) is 10.6 Å². The predicted molar refractivity (Wildman–Crippen MR) is 92.9 cm³/mol. The average molecular weight is 376 g/mol. The van der Waals surface area contributed by atoms with E-state index < -0.39 is 0 Å². The van der Waals surface area contributed by atoms with Gasteiger partial charge in [0.25, 0.3) is 0 Å². The molecular weight excluding hydrogens is 366 g/mol. The molecule has 5 heteroatoms. The normalized spacial score (nSPS) is 11.1. The van der Waals surface area contributed by atoms with E-state index in [1.54, 1.807) is 23.5 Å². The first kappa shape index (κ1) is 14.4. The monoisotopic (exact) mass is 375 g/mol. The molecule has 0 bridgehead atoms. The number of nitrogens with zero attached hydrogens (tertiary/aromatic N) is 1. The Labute approximate surface area is 138 Å². The standard InChI is InChI=1S/C16H10BrNOS2/c17-12-4-1-3-11(9-12)16-18-13(10-21-16)6-7-14(19)15-5-2-8-20-15/h1-10H/b7-6+. The molecule has 0 amide bonds. The second-order valence-corrected chi connectivity index (χ2v) is 6.98. The number of benzene rings is 1. The molecule has 0 fully saturated rings. The zero-order chi connectivity index (χ0) is 14.7. The summed E-state index contributed by atoms with van der Waals surface area (Å²) in [6.45, 7) is 0. The fourth-order valence-electron chi connectivity index (χ4n) is 1.78. The third-order valence-corrected chi connectivity index (χ3v) is 5.05. The van der Waals surface area contributed by atoms with Gasteiger partial charge in [-0.25, -0.2) is 4.98 Å². The van der Waals surface area contributed by atoms with Crippen molar-refractivity contribution in [3.63, 3.8) is 0 Å². The third-order valence-electron chi connectivity index (χ3n) is 2.76. The van der Waals surface area contributed by atoms with Crippen LogP contribution in [0.25, 0.3) is 16.6 Å². The molecule has 0 saturated carbocycles. The Kier molecular flexibility index (Phi) is 4.43. The largest absolute Gasteiger partial charge is 0.288 e. The molecule has 0 spiro atoms. The summed E-state index contributed by atoms with van der Waals surface area (Å²) < 4.78 is 1.03. The van der Waals surface area contributed by atoms with E-state index in [2.05, 4.69) is 20.9 Å². The predicted octanol–water partition coefficient (Wildman–Crippen LogP) is 5.53. The molecule has 2 nitrogen and oxygen atoms in total. The number of ketones is 1. The van der Waals surface area contributed by atoms with Crippen LogP contribution < -0.4 is 0 Å². The molecule has 3 rings (SSSR count). The Bertz CT molecular complexity index is 790. The number of hydrogen-bond donors (Lipinski definition) is 0. The lowest BCUT2D eigenvalue weighted by atomic mass is 10.2. The van der Waals surface area contributed by atoms with Crippen molar-refractivity contribution in [3.05, 3.63) is 68.3 Å². The molecule has 0 atom stereocenters. The Hall–Kier alpha value is -1.56. The zero-order valence-electron chi connectivity index (χ0n) is 10.8. The van der Waals surface area contributed by atoms with Crippen LogP contribution in [0.3, 0.4) is 0 Å². The van der Waals surface area contributed by atoms with Crippen molar-refractivity contribution < 1.29 is 4.79 Å². The number of hydrogen-bond acceptors (Lipinski definition) is 4. The van der Waals surface area contributed by atoms with Gasteiger partial charge in [-0.2, -0.15) is 0 Å². The highest BCUT2D eigenvalue weighted by Gasteiger charge is 2.05. The maximum absolute atomic E-state index is 11.9. The van der Waals surface area contributed by atoms with Crippen LogP contribution in [-0.4, -0.2) is 10.8 Å². The zero-order valence-corrected chi connectivity index (χ0v) is 14.0. The van der Waals surface area contributed by atoms with E-state index in [0.29, 0.717) is 0 Å². The van der Waals surface area contributed by atoms with Crippen LogP contribution in [0.2, 0.25) is 0 Å². The first-order valence-electron chi connectivity index (χ1n) is 6.20. The minimum Gasteiger partial charge on any atom is -0.288 e. The van der Waals surface area contributed by atoms with Crippen molar-refractivity contribution in [2.75, 3.05) is 0 Å². The van der Waals surface area contributed by atoms with Crippen LogP contribution in [0, 0.1) is 0 Å². The van der Waals surface area contributed by atoms with Crippen LogP contribution >= 0.6 is 38.6 Å². The smallest absolute Gasteiger partial charge is 0.195 e. The van der Waals surface area contributed by atoms with Gasteiger partial charge in [0.2, 0.25) is 0 Å². The van der Waals surface area contributed by atoms with Gasteiger partial charge in [-0.15, -0.1) is 22.7 Å². The molecule has 0 N–H and O–H groups in total. The quantitative estimate of drug-likeness (QED) is 0.443. The number of aromatic nitrogens is 1. The van der Waals surface area contributed by atoms with Gasteiger partial charge in [-0.3, -0.25) is 4.79 Å². The summed E-state index contributed by atoms with van der Waals surface area (Å²) in [4.78, 5) is 17.2. The minimum atomic E-state index is 0.0157. The summed E-state index contributed by atoms with van der Waals surface area (Å²) >= 11 is 6.47. The van der Waals surface area contributed by atoms with Crippen molar-refractivity contribution >= 4 is 50.5 Å². The van der Waals surface area contributed by atoms with Gasteiger partial charge in [-0.1, -0.05) is 34.1 Å². The van der Waals surface area contributed by atoms with Gasteiger partial charge in [0.1, 0.15) is 5.01 Å². The first-order chi connectivity index (χ1) is 10.2. The molecule has 0 aliphatic heterocycles. The number of rotatable bonds is 4. The average Bonchev–Trinajstić information content (AvgIpc) is 3.16. The number of allylic oxidation sites excluding steroid dienone is 1. The number of thiazole rings is 1. The molecular formula is C16H10BrNOS2. The van der Waals surface area contributed by atoms with Crippen molar-refractivity contribution in [3.8, 4) is 10.6 Å². The summed E-state index contributed by atoms with van der Waals surface area (Å²) in [5, 5.41) is 4.79. The van der Waals surface area contributed by atoms with Crippen molar-refractivity contribution in [1.82, 2.24) is 4.98 Å². The number of halogens is 1. The summed E-state index contributed by atoms with van der Waals surface area (Å²) in [6, 6.07) is 11.7. The van der Waals surface area contributed by atoms with E-state index in [-0.39, 0.29) is 5.78 Å². The molecule has 2 heterocycles. The highest BCUT2D eigenvalue weighted by molar-refractivity contribution is 9.10. The van der Waals surface area contributed by atoms with Crippen LogP contribution in [0.5, 0.6) is 0 Å². The van der Waals surface area contributed by atoms with Crippen LogP contribution in [-0.2, 0) is 0 Å². The number of carbonyl (C=O) groups excluding carboxylic acids is 1. The molecule has 0 saturated heterocycles. The number of thiophene rings is 1. The minimum absolute atomic E-state index is 0.0157. The highest BCUT2D eigenvalue weighted by atomic mass is 79.9. The van der Waals surface area contributed by atoms with Crippen LogP contribution in [0.4, 0.5) is 0 Å². The number of carbonyl (C=O) groups is 1. The summed E-state index contributed by atoms with van der Waals surface area (Å²) in [6.07, 6.45) is 3.34. The van der Waals surface area contributed by atoms with Crippen LogP contribution in [0.1, 0.15) is 15.4 Å². The Morgan fingerprint density at radius 3 is 2.86 bits per heavy atom. The second kappa shape index (κ2) is 6.47. The fraction of sp³-hybridized carbons (Fsp3) is 0. The SMILES string of the molecule is O=C(/C=C/c1csc(-c2cccc(Br)c2)n1)c1cccs1. The molecule has 3 aromatic rings. The Morgan fingerprint density at radius 2 is 2.10 bits per heavy atom. The summed E-state index contributed by atoms with van der Waals surface area (Å²) in [5.74, 6) is 0.0157. The lowest BCUT2D eigenvalue weighted by molar-refractivity contribution is 0.105. The maximum atomic E-state index is 11.9. The van der Waals surface area contributed by atoms with Gasteiger partial charge >= 0.3 is 0 Å². The van der Waals surface area contributed by atoms with Gasteiger partial charge in [-0.05, 0) is 35.7 Å². The van der Waals surface area contributed by atoms with Gasteiger partial charge in [0, 0.05) is 15.4 Å². The molecule has 1 aromatic carbocycles. The topological polar surface area (TPSA) is 30.0 Å².